The maximum atomic E-state index is 12.4. The Morgan fingerprint density at radius 1 is 1.30 bits per heavy atom. The van der Waals surface area contributed by atoms with Crippen LogP contribution in [0.4, 0.5) is 11.4 Å². The van der Waals surface area contributed by atoms with Crippen molar-refractivity contribution in [3.8, 4) is 11.4 Å². The van der Waals surface area contributed by atoms with Crippen LogP contribution in [-0.4, -0.2) is 31.3 Å². The largest absolute Gasteiger partial charge is 0.324 e. The lowest BCUT2D eigenvalue weighted by Crippen LogP contribution is -2.15. The second-order valence-electron chi connectivity index (χ2n) is 5.97. The first-order valence-electron chi connectivity index (χ1n) is 8.55. The van der Waals surface area contributed by atoms with Crippen LogP contribution in [-0.2, 0) is 11.3 Å². The number of benzene rings is 2. The summed E-state index contributed by atoms with van der Waals surface area (Å²) in [5, 5.41) is 22.7. The zero-order chi connectivity index (χ0) is 21.7. The summed E-state index contributed by atoms with van der Waals surface area (Å²) in [6, 6.07) is 11.5. The summed E-state index contributed by atoms with van der Waals surface area (Å²) in [5.74, 6) is 0.307. The molecule has 0 bridgehead atoms. The Morgan fingerprint density at radius 3 is 2.70 bits per heavy atom. The Labute approximate surface area is 189 Å². The number of thioether (sulfide) groups is 1. The van der Waals surface area contributed by atoms with Gasteiger partial charge in [0.1, 0.15) is 0 Å². The van der Waals surface area contributed by atoms with E-state index in [1.54, 1.807) is 6.08 Å². The number of nitrogens with one attached hydrogen (secondary N) is 1. The SMILES string of the molecule is C=CCn1c(SCC(=O)Nc2cc([N+](=O)[O-])ccc2Cl)nnc1-c1ccc(Br)cc1. The van der Waals surface area contributed by atoms with Gasteiger partial charge in [-0.2, -0.15) is 0 Å². The average molecular weight is 509 g/mol. The van der Waals surface area contributed by atoms with Gasteiger partial charge >= 0.3 is 0 Å². The summed E-state index contributed by atoms with van der Waals surface area (Å²) in [6.07, 6.45) is 1.72. The van der Waals surface area contributed by atoms with E-state index in [0.717, 1.165) is 10.0 Å². The number of carbonyl (C=O) groups excluding carboxylic acids is 1. The molecule has 3 aromatic rings. The second-order valence-corrected chi connectivity index (χ2v) is 8.24. The number of nitro groups is 1. The topological polar surface area (TPSA) is 103 Å². The van der Waals surface area contributed by atoms with Gasteiger partial charge in [-0.05, 0) is 18.2 Å². The molecule has 3 rings (SSSR count). The Hall–Kier alpha value is -2.69. The molecule has 2 aromatic carbocycles. The number of hydrogen-bond donors (Lipinski definition) is 1. The Balaban J connectivity index is 1.73. The normalized spacial score (nSPS) is 10.6. The summed E-state index contributed by atoms with van der Waals surface area (Å²) >= 11 is 10.6. The highest BCUT2D eigenvalue weighted by molar-refractivity contribution is 9.10. The highest BCUT2D eigenvalue weighted by atomic mass is 79.9. The van der Waals surface area contributed by atoms with E-state index in [9.17, 15) is 14.9 Å². The van der Waals surface area contributed by atoms with Crippen molar-refractivity contribution < 1.29 is 9.72 Å². The van der Waals surface area contributed by atoms with E-state index in [1.165, 1.54) is 30.0 Å². The first kappa shape index (κ1) is 22.0. The van der Waals surface area contributed by atoms with Crippen LogP contribution >= 0.6 is 39.3 Å². The zero-order valence-electron chi connectivity index (χ0n) is 15.4. The van der Waals surface area contributed by atoms with Crippen molar-refractivity contribution in [2.75, 3.05) is 11.1 Å². The molecular formula is C19H15BrClN5O3S. The molecule has 0 saturated heterocycles. The number of allylic oxidation sites excluding steroid dienone is 1. The number of nitrogens with zero attached hydrogens (tertiary/aromatic N) is 4. The third kappa shape index (κ3) is 5.26. The summed E-state index contributed by atoms with van der Waals surface area (Å²) in [7, 11) is 0. The Bertz CT molecular complexity index is 1100. The summed E-state index contributed by atoms with van der Waals surface area (Å²) < 4.78 is 2.81. The van der Waals surface area contributed by atoms with Gasteiger partial charge in [0.25, 0.3) is 5.69 Å². The molecule has 0 fully saturated rings. The van der Waals surface area contributed by atoms with E-state index in [1.807, 2.05) is 28.8 Å². The van der Waals surface area contributed by atoms with Gasteiger partial charge in [0.15, 0.2) is 11.0 Å². The van der Waals surface area contributed by atoms with Crippen LogP contribution in [0.1, 0.15) is 0 Å². The van der Waals surface area contributed by atoms with Gasteiger partial charge in [-0.15, -0.1) is 16.8 Å². The van der Waals surface area contributed by atoms with E-state index in [-0.39, 0.29) is 28.1 Å². The van der Waals surface area contributed by atoms with Gasteiger partial charge < -0.3 is 5.32 Å². The van der Waals surface area contributed by atoms with Crippen LogP contribution in [0, 0.1) is 10.1 Å². The number of halogens is 2. The smallest absolute Gasteiger partial charge is 0.271 e. The molecule has 0 atom stereocenters. The van der Waals surface area contributed by atoms with Crippen LogP contribution in [0.3, 0.4) is 0 Å². The molecule has 0 aliphatic rings. The standard InChI is InChI=1S/C19H15BrClN5O3S/c1-2-9-25-18(12-3-5-13(20)6-4-12)23-24-19(25)30-11-17(27)22-16-10-14(26(28)29)7-8-15(16)21/h2-8,10H,1,9,11H2,(H,22,27). The van der Waals surface area contributed by atoms with Crippen molar-refractivity contribution in [1.29, 1.82) is 0 Å². The van der Waals surface area contributed by atoms with Crippen LogP contribution in [0.5, 0.6) is 0 Å². The number of rotatable bonds is 8. The molecule has 0 aliphatic carbocycles. The van der Waals surface area contributed by atoms with Gasteiger partial charge in [-0.25, -0.2) is 0 Å². The van der Waals surface area contributed by atoms with Crippen LogP contribution in [0.25, 0.3) is 11.4 Å². The minimum Gasteiger partial charge on any atom is -0.324 e. The molecule has 1 amide bonds. The lowest BCUT2D eigenvalue weighted by atomic mass is 10.2. The minimum absolute atomic E-state index is 0.0225. The van der Waals surface area contributed by atoms with Crippen LogP contribution < -0.4 is 5.32 Å². The molecule has 0 saturated carbocycles. The van der Waals surface area contributed by atoms with Gasteiger partial charge in [0.2, 0.25) is 5.91 Å². The molecule has 0 unspecified atom stereocenters. The molecule has 0 spiro atoms. The van der Waals surface area contributed by atoms with Gasteiger partial charge in [0.05, 0.1) is 21.4 Å². The fraction of sp³-hybridized carbons (Fsp3) is 0.105. The Morgan fingerprint density at radius 2 is 2.03 bits per heavy atom. The third-order valence-electron chi connectivity index (χ3n) is 3.90. The summed E-state index contributed by atoms with van der Waals surface area (Å²) in [5.41, 5.74) is 0.902. The lowest BCUT2D eigenvalue weighted by Gasteiger charge is -2.09. The lowest BCUT2D eigenvalue weighted by molar-refractivity contribution is -0.384. The third-order valence-corrected chi connectivity index (χ3v) is 5.72. The van der Waals surface area contributed by atoms with Crippen molar-refractivity contribution in [3.05, 3.63) is 74.7 Å². The van der Waals surface area contributed by atoms with E-state index in [0.29, 0.717) is 17.5 Å². The molecule has 0 radical (unpaired) electrons. The van der Waals surface area contributed by atoms with Crippen molar-refractivity contribution in [1.82, 2.24) is 14.8 Å². The number of nitro benzene ring substituents is 1. The van der Waals surface area contributed by atoms with Crippen molar-refractivity contribution in [2.45, 2.75) is 11.7 Å². The monoisotopic (exact) mass is 507 g/mol. The van der Waals surface area contributed by atoms with Gasteiger partial charge in [-0.3, -0.25) is 19.5 Å². The first-order valence-corrected chi connectivity index (χ1v) is 10.7. The fourth-order valence-corrected chi connectivity index (χ4v) is 3.72. The quantitative estimate of drug-likeness (QED) is 0.194. The number of hydrogen-bond acceptors (Lipinski definition) is 6. The molecule has 0 aliphatic heterocycles. The average Bonchev–Trinajstić information content (AvgIpc) is 3.11. The molecule has 11 heteroatoms. The second kappa shape index (κ2) is 9.88. The Kier molecular flexibility index (Phi) is 7.24. The maximum absolute atomic E-state index is 12.4. The molecule has 154 valence electrons. The van der Waals surface area contributed by atoms with Gasteiger partial charge in [-0.1, -0.05) is 57.5 Å². The number of carbonyl (C=O) groups is 1. The summed E-state index contributed by atoms with van der Waals surface area (Å²) in [4.78, 5) is 22.7. The first-order chi connectivity index (χ1) is 14.4. The molecule has 30 heavy (non-hydrogen) atoms. The molecule has 1 aromatic heterocycles. The van der Waals surface area contributed by atoms with Crippen molar-refractivity contribution in [3.63, 3.8) is 0 Å². The van der Waals surface area contributed by atoms with E-state index < -0.39 is 4.92 Å². The van der Waals surface area contributed by atoms with E-state index in [2.05, 4.69) is 38.0 Å². The molecule has 1 N–H and O–H groups in total. The van der Waals surface area contributed by atoms with E-state index in [4.69, 9.17) is 11.6 Å². The highest BCUT2D eigenvalue weighted by Gasteiger charge is 2.16. The van der Waals surface area contributed by atoms with Gasteiger partial charge in [0, 0.05) is 28.7 Å². The maximum Gasteiger partial charge on any atom is 0.271 e. The summed E-state index contributed by atoms with van der Waals surface area (Å²) in [6.45, 7) is 4.24. The van der Waals surface area contributed by atoms with Crippen LogP contribution in [0.15, 0.2) is 64.7 Å². The minimum atomic E-state index is -0.553. The highest BCUT2D eigenvalue weighted by Crippen LogP contribution is 2.28. The number of anilines is 1. The molecular weight excluding hydrogens is 494 g/mol. The number of aromatic nitrogens is 3. The predicted molar refractivity (Wildman–Crippen MR) is 121 cm³/mol. The predicted octanol–water partition coefficient (Wildman–Crippen LogP) is 5.19. The van der Waals surface area contributed by atoms with Crippen molar-refractivity contribution >= 4 is 56.6 Å². The van der Waals surface area contributed by atoms with E-state index >= 15 is 0 Å². The molecule has 8 nitrogen and oxygen atoms in total. The molecule has 1 heterocycles. The number of non-ortho nitro benzene ring substituents is 1. The zero-order valence-corrected chi connectivity index (χ0v) is 18.6. The number of amides is 1. The van der Waals surface area contributed by atoms with Crippen LogP contribution in [0.2, 0.25) is 5.02 Å². The fourth-order valence-electron chi connectivity index (χ4n) is 2.54. The van der Waals surface area contributed by atoms with Crippen molar-refractivity contribution in [2.24, 2.45) is 0 Å².